The standard InChI is InChI=1S/C14H8BrFO3/c1-18-7-2-4-10-8(6-7)14(17)12-11(19-10)5-3-9(15)13(12)16/h2-6H,1H3. The van der Waals surface area contributed by atoms with Gasteiger partial charge >= 0.3 is 0 Å². The zero-order valence-electron chi connectivity index (χ0n) is 9.87. The summed E-state index contributed by atoms with van der Waals surface area (Å²) in [5, 5.41) is 0.235. The summed E-state index contributed by atoms with van der Waals surface area (Å²) < 4.78 is 24.9. The van der Waals surface area contributed by atoms with Gasteiger partial charge < -0.3 is 9.15 Å². The van der Waals surface area contributed by atoms with Crippen molar-refractivity contribution in [2.45, 2.75) is 0 Å². The molecule has 3 aromatic rings. The van der Waals surface area contributed by atoms with E-state index in [2.05, 4.69) is 15.9 Å². The summed E-state index contributed by atoms with van der Waals surface area (Å²) in [6.07, 6.45) is 0. The summed E-state index contributed by atoms with van der Waals surface area (Å²) in [4.78, 5) is 12.4. The van der Waals surface area contributed by atoms with Crippen LogP contribution >= 0.6 is 15.9 Å². The maximum Gasteiger partial charge on any atom is 0.203 e. The predicted molar refractivity (Wildman–Crippen MR) is 74.2 cm³/mol. The molecule has 19 heavy (non-hydrogen) atoms. The first-order valence-electron chi connectivity index (χ1n) is 5.50. The molecule has 0 saturated heterocycles. The Labute approximate surface area is 115 Å². The van der Waals surface area contributed by atoms with Crippen molar-refractivity contribution in [2.75, 3.05) is 7.11 Å². The van der Waals surface area contributed by atoms with Crippen LogP contribution in [0.15, 0.2) is 44.0 Å². The van der Waals surface area contributed by atoms with E-state index in [1.807, 2.05) is 0 Å². The van der Waals surface area contributed by atoms with E-state index in [0.29, 0.717) is 16.7 Å². The Hall–Kier alpha value is -1.88. The summed E-state index contributed by atoms with van der Waals surface area (Å²) >= 11 is 3.06. The first kappa shape index (κ1) is 12.2. The van der Waals surface area contributed by atoms with E-state index in [1.165, 1.54) is 13.2 Å². The average Bonchev–Trinajstić information content (AvgIpc) is 2.43. The Kier molecular flexibility index (Phi) is 2.78. The van der Waals surface area contributed by atoms with E-state index in [0.717, 1.165) is 0 Å². The molecule has 1 aromatic heterocycles. The van der Waals surface area contributed by atoms with Crippen LogP contribution in [-0.4, -0.2) is 7.11 Å². The Balaban J connectivity index is 2.54. The van der Waals surface area contributed by atoms with Crippen molar-refractivity contribution in [1.29, 1.82) is 0 Å². The molecule has 0 saturated carbocycles. The van der Waals surface area contributed by atoms with Gasteiger partial charge in [-0.1, -0.05) is 0 Å². The lowest BCUT2D eigenvalue weighted by molar-refractivity contribution is 0.415. The van der Waals surface area contributed by atoms with Crippen LogP contribution in [0.5, 0.6) is 5.75 Å². The summed E-state index contributed by atoms with van der Waals surface area (Å²) in [7, 11) is 1.50. The van der Waals surface area contributed by atoms with Gasteiger partial charge in [-0.3, -0.25) is 4.79 Å². The van der Waals surface area contributed by atoms with Gasteiger partial charge in [0.05, 0.1) is 17.0 Å². The van der Waals surface area contributed by atoms with Gasteiger partial charge in [0.15, 0.2) is 5.82 Å². The molecule has 0 fully saturated rings. The molecule has 0 aliphatic carbocycles. The zero-order valence-corrected chi connectivity index (χ0v) is 11.5. The summed E-state index contributed by atoms with van der Waals surface area (Å²) in [6, 6.07) is 7.94. The molecule has 2 aromatic carbocycles. The molecule has 0 unspecified atom stereocenters. The molecule has 0 aliphatic rings. The highest BCUT2D eigenvalue weighted by molar-refractivity contribution is 9.10. The molecule has 0 amide bonds. The Morgan fingerprint density at radius 2 is 1.95 bits per heavy atom. The maximum atomic E-state index is 14.0. The lowest BCUT2D eigenvalue weighted by Gasteiger charge is -2.05. The minimum Gasteiger partial charge on any atom is -0.497 e. The quantitative estimate of drug-likeness (QED) is 0.639. The number of halogens is 2. The molecule has 0 bridgehead atoms. The highest BCUT2D eigenvalue weighted by Gasteiger charge is 2.14. The van der Waals surface area contributed by atoms with E-state index in [-0.39, 0.29) is 15.4 Å². The Bertz CT molecular complexity index is 855. The summed E-state index contributed by atoms with van der Waals surface area (Å²) in [6.45, 7) is 0. The third-order valence-electron chi connectivity index (χ3n) is 2.93. The fraction of sp³-hybridized carbons (Fsp3) is 0.0714. The lowest BCUT2D eigenvalue weighted by Crippen LogP contribution is -2.05. The fourth-order valence-electron chi connectivity index (χ4n) is 1.99. The molecule has 5 heteroatoms. The van der Waals surface area contributed by atoms with Crippen LogP contribution in [0.3, 0.4) is 0 Å². The van der Waals surface area contributed by atoms with E-state index in [4.69, 9.17) is 9.15 Å². The third-order valence-corrected chi connectivity index (χ3v) is 3.55. The summed E-state index contributed by atoms with van der Waals surface area (Å²) in [5.74, 6) is -0.0921. The van der Waals surface area contributed by atoms with Crippen LogP contribution in [0.1, 0.15) is 0 Å². The largest absolute Gasteiger partial charge is 0.497 e. The van der Waals surface area contributed by atoms with Crippen molar-refractivity contribution in [3.8, 4) is 5.75 Å². The zero-order chi connectivity index (χ0) is 13.6. The van der Waals surface area contributed by atoms with Crippen molar-refractivity contribution in [1.82, 2.24) is 0 Å². The molecule has 3 rings (SSSR count). The van der Waals surface area contributed by atoms with E-state index in [9.17, 15) is 9.18 Å². The second kappa shape index (κ2) is 4.35. The normalized spacial score (nSPS) is 11.1. The van der Waals surface area contributed by atoms with E-state index < -0.39 is 11.2 Å². The first-order chi connectivity index (χ1) is 9.11. The molecule has 0 spiro atoms. The molecule has 0 aliphatic heterocycles. The van der Waals surface area contributed by atoms with Crippen molar-refractivity contribution in [2.24, 2.45) is 0 Å². The Morgan fingerprint density at radius 1 is 1.21 bits per heavy atom. The van der Waals surface area contributed by atoms with Gasteiger partial charge in [-0.2, -0.15) is 0 Å². The Morgan fingerprint density at radius 3 is 2.68 bits per heavy atom. The molecule has 96 valence electrons. The minimum atomic E-state index is -0.615. The fourth-order valence-corrected chi connectivity index (χ4v) is 2.32. The number of ether oxygens (including phenoxy) is 1. The smallest absolute Gasteiger partial charge is 0.203 e. The number of hydrogen-bond donors (Lipinski definition) is 0. The topological polar surface area (TPSA) is 39.4 Å². The second-order valence-electron chi connectivity index (χ2n) is 4.03. The van der Waals surface area contributed by atoms with Crippen molar-refractivity contribution in [3.63, 3.8) is 0 Å². The highest BCUT2D eigenvalue weighted by atomic mass is 79.9. The number of fused-ring (bicyclic) bond motifs is 2. The van der Waals surface area contributed by atoms with Crippen LogP contribution in [0.4, 0.5) is 4.39 Å². The summed E-state index contributed by atoms with van der Waals surface area (Å²) in [5.41, 5.74) is 0.220. The van der Waals surface area contributed by atoms with Gasteiger partial charge in [0.1, 0.15) is 22.3 Å². The van der Waals surface area contributed by atoms with E-state index in [1.54, 1.807) is 24.3 Å². The lowest BCUT2D eigenvalue weighted by atomic mass is 10.1. The number of rotatable bonds is 1. The molecule has 0 N–H and O–H groups in total. The van der Waals surface area contributed by atoms with Crippen molar-refractivity contribution in [3.05, 3.63) is 50.8 Å². The van der Waals surface area contributed by atoms with Crippen LogP contribution in [0.2, 0.25) is 0 Å². The number of benzene rings is 2. The van der Waals surface area contributed by atoms with E-state index >= 15 is 0 Å². The minimum absolute atomic E-state index is 0.0601. The first-order valence-corrected chi connectivity index (χ1v) is 6.29. The molecule has 0 radical (unpaired) electrons. The van der Waals surface area contributed by atoms with Gasteiger partial charge in [0.25, 0.3) is 0 Å². The SMILES string of the molecule is COc1ccc2oc3ccc(Br)c(F)c3c(=O)c2c1. The third kappa shape index (κ3) is 1.81. The molecular weight excluding hydrogens is 315 g/mol. The van der Waals surface area contributed by atoms with Crippen LogP contribution in [0, 0.1) is 5.82 Å². The van der Waals surface area contributed by atoms with Gasteiger partial charge in [-0.15, -0.1) is 0 Å². The van der Waals surface area contributed by atoms with Crippen LogP contribution < -0.4 is 10.2 Å². The van der Waals surface area contributed by atoms with Gasteiger partial charge in [0, 0.05) is 0 Å². The molecule has 0 atom stereocenters. The van der Waals surface area contributed by atoms with Crippen molar-refractivity contribution < 1.29 is 13.5 Å². The van der Waals surface area contributed by atoms with Crippen molar-refractivity contribution >= 4 is 37.9 Å². The van der Waals surface area contributed by atoms with Crippen LogP contribution in [-0.2, 0) is 0 Å². The average molecular weight is 323 g/mol. The number of methoxy groups -OCH3 is 1. The monoisotopic (exact) mass is 322 g/mol. The molecule has 3 nitrogen and oxygen atoms in total. The van der Waals surface area contributed by atoms with Gasteiger partial charge in [-0.25, -0.2) is 4.39 Å². The predicted octanol–water partition coefficient (Wildman–Crippen LogP) is 3.86. The highest BCUT2D eigenvalue weighted by Crippen LogP contribution is 2.27. The second-order valence-corrected chi connectivity index (χ2v) is 4.88. The number of hydrogen-bond acceptors (Lipinski definition) is 3. The molecule has 1 heterocycles. The maximum absolute atomic E-state index is 14.0. The van der Waals surface area contributed by atoms with Gasteiger partial charge in [-0.05, 0) is 46.3 Å². The van der Waals surface area contributed by atoms with Crippen LogP contribution in [0.25, 0.3) is 21.9 Å². The molecular formula is C14H8BrFO3. The van der Waals surface area contributed by atoms with Gasteiger partial charge in [0.2, 0.25) is 5.43 Å².